The number of nitrogens with zero attached hydrogens (tertiary/aromatic N) is 1. The molecule has 1 aromatic carbocycles. The van der Waals surface area contributed by atoms with Crippen molar-refractivity contribution < 1.29 is 4.79 Å². The first kappa shape index (κ1) is 11.2. The Morgan fingerprint density at radius 3 is 3.11 bits per heavy atom. The first-order valence-electron chi connectivity index (χ1n) is 6.14. The zero-order chi connectivity index (χ0) is 12.4. The second kappa shape index (κ2) is 4.74. The third kappa shape index (κ3) is 2.19. The standard InChI is InChI=1S/C14H15N3O/c18-9-14-6-13(8-16-14)17-12-2-1-11-7-15-4-3-10(11)5-12/h1-5,7,9,13-14,16-17H,6,8H2. The van der Waals surface area contributed by atoms with Gasteiger partial charge in [0.05, 0.1) is 6.04 Å². The molecule has 92 valence electrons. The molecule has 4 heteroatoms. The van der Waals surface area contributed by atoms with E-state index in [4.69, 9.17) is 0 Å². The topological polar surface area (TPSA) is 54.0 Å². The quantitative estimate of drug-likeness (QED) is 0.801. The van der Waals surface area contributed by atoms with Gasteiger partial charge in [0.25, 0.3) is 0 Å². The molecule has 0 bridgehead atoms. The number of benzene rings is 1. The minimum atomic E-state index is -0.00726. The van der Waals surface area contributed by atoms with Crippen molar-refractivity contribution in [2.45, 2.75) is 18.5 Å². The average Bonchev–Trinajstić information content (AvgIpc) is 2.86. The fourth-order valence-corrected chi connectivity index (χ4v) is 2.39. The number of nitrogens with one attached hydrogen (secondary N) is 2. The van der Waals surface area contributed by atoms with Crippen LogP contribution < -0.4 is 10.6 Å². The van der Waals surface area contributed by atoms with E-state index in [-0.39, 0.29) is 6.04 Å². The van der Waals surface area contributed by atoms with Crippen molar-refractivity contribution in [3.05, 3.63) is 36.7 Å². The number of carbonyl (C=O) groups excluding carboxylic acids is 1. The first-order valence-corrected chi connectivity index (χ1v) is 6.14. The summed E-state index contributed by atoms with van der Waals surface area (Å²) in [5, 5.41) is 8.94. The van der Waals surface area contributed by atoms with E-state index in [1.54, 1.807) is 6.20 Å². The summed E-state index contributed by atoms with van der Waals surface area (Å²) in [5.74, 6) is 0. The predicted octanol–water partition coefficient (Wildman–Crippen LogP) is 1.58. The molecule has 2 N–H and O–H groups in total. The van der Waals surface area contributed by atoms with Gasteiger partial charge in [0, 0.05) is 36.1 Å². The van der Waals surface area contributed by atoms with Gasteiger partial charge in [-0.3, -0.25) is 4.98 Å². The molecule has 1 aliphatic heterocycles. The highest BCUT2D eigenvalue weighted by Gasteiger charge is 2.22. The molecule has 0 aliphatic carbocycles. The summed E-state index contributed by atoms with van der Waals surface area (Å²) in [7, 11) is 0. The third-order valence-electron chi connectivity index (χ3n) is 3.34. The third-order valence-corrected chi connectivity index (χ3v) is 3.34. The van der Waals surface area contributed by atoms with Crippen LogP contribution in [0.2, 0.25) is 0 Å². The van der Waals surface area contributed by atoms with Gasteiger partial charge in [0.1, 0.15) is 6.29 Å². The predicted molar refractivity (Wildman–Crippen MR) is 71.6 cm³/mol. The lowest BCUT2D eigenvalue weighted by molar-refractivity contribution is -0.109. The van der Waals surface area contributed by atoms with Gasteiger partial charge < -0.3 is 15.4 Å². The van der Waals surface area contributed by atoms with Crippen LogP contribution in [0.3, 0.4) is 0 Å². The van der Waals surface area contributed by atoms with Crippen LogP contribution in [0.1, 0.15) is 6.42 Å². The Kier molecular flexibility index (Phi) is 2.94. The van der Waals surface area contributed by atoms with Crippen LogP contribution in [0.4, 0.5) is 5.69 Å². The van der Waals surface area contributed by atoms with E-state index in [1.165, 1.54) is 5.39 Å². The van der Waals surface area contributed by atoms with Crippen molar-refractivity contribution >= 4 is 22.7 Å². The Labute approximate surface area is 105 Å². The molecular weight excluding hydrogens is 226 g/mol. The molecule has 18 heavy (non-hydrogen) atoms. The highest BCUT2D eigenvalue weighted by molar-refractivity contribution is 5.84. The van der Waals surface area contributed by atoms with Gasteiger partial charge in [-0.1, -0.05) is 6.07 Å². The molecular formula is C14H15N3O. The minimum Gasteiger partial charge on any atom is -0.381 e. The minimum absolute atomic E-state index is 0.00726. The summed E-state index contributed by atoms with van der Waals surface area (Å²) in [6.45, 7) is 0.831. The van der Waals surface area contributed by atoms with E-state index < -0.39 is 0 Å². The van der Waals surface area contributed by atoms with Gasteiger partial charge in [-0.15, -0.1) is 0 Å². The Morgan fingerprint density at radius 2 is 2.28 bits per heavy atom. The molecule has 2 aromatic rings. The van der Waals surface area contributed by atoms with E-state index in [9.17, 15) is 4.79 Å². The summed E-state index contributed by atoms with van der Waals surface area (Å²) < 4.78 is 0. The zero-order valence-electron chi connectivity index (χ0n) is 9.97. The fraction of sp³-hybridized carbons (Fsp3) is 0.286. The molecule has 2 heterocycles. The molecule has 4 nitrogen and oxygen atoms in total. The van der Waals surface area contributed by atoms with Gasteiger partial charge in [0.2, 0.25) is 0 Å². The molecule has 3 rings (SSSR count). The van der Waals surface area contributed by atoms with Gasteiger partial charge in [-0.25, -0.2) is 0 Å². The van der Waals surface area contributed by atoms with Crippen molar-refractivity contribution in [1.82, 2.24) is 10.3 Å². The Bertz CT molecular complexity index is 570. The summed E-state index contributed by atoms with van der Waals surface area (Å²) in [6.07, 6.45) is 5.48. The van der Waals surface area contributed by atoms with Crippen molar-refractivity contribution in [1.29, 1.82) is 0 Å². The summed E-state index contributed by atoms with van der Waals surface area (Å²) >= 11 is 0. The van der Waals surface area contributed by atoms with Crippen LogP contribution in [0.5, 0.6) is 0 Å². The highest BCUT2D eigenvalue weighted by atomic mass is 16.1. The number of rotatable bonds is 3. The van der Waals surface area contributed by atoms with Gasteiger partial charge >= 0.3 is 0 Å². The maximum absolute atomic E-state index is 10.7. The molecule has 0 spiro atoms. The molecule has 1 aromatic heterocycles. The van der Waals surface area contributed by atoms with E-state index >= 15 is 0 Å². The van der Waals surface area contributed by atoms with Crippen LogP contribution in [0, 0.1) is 0 Å². The van der Waals surface area contributed by atoms with E-state index in [1.807, 2.05) is 12.3 Å². The Balaban J connectivity index is 1.77. The van der Waals surface area contributed by atoms with E-state index in [0.29, 0.717) is 6.04 Å². The molecule has 2 unspecified atom stereocenters. The number of hydrogen-bond acceptors (Lipinski definition) is 4. The first-order chi connectivity index (χ1) is 8.85. The van der Waals surface area contributed by atoms with Crippen molar-refractivity contribution in [2.75, 3.05) is 11.9 Å². The zero-order valence-corrected chi connectivity index (χ0v) is 9.97. The lowest BCUT2D eigenvalue weighted by Gasteiger charge is -2.13. The smallest absolute Gasteiger partial charge is 0.136 e. The van der Waals surface area contributed by atoms with Crippen LogP contribution >= 0.6 is 0 Å². The number of hydrogen-bond donors (Lipinski definition) is 2. The molecule has 0 saturated carbocycles. The van der Waals surface area contributed by atoms with Crippen molar-refractivity contribution in [3.63, 3.8) is 0 Å². The monoisotopic (exact) mass is 241 g/mol. The van der Waals surface area contributed by atoms with Crippen LogP contribution in [-0.2, 0) is 4.79 Å². The van der Waals surface area contributed by atoms with Crippen LogP contribution in [0.25, 0.3) is 10.8 Å². The van der Waals surface area contributed by atoms with E-state index in [0.717, 1.165) is 30.3 Å². The number of fused-ring (bicyclic) bond motifs is 1. The SMILES string of the molecule is O=CC1CC(Nc2ccc3cnccc3c2)CN1. The molecule has 0 amide bonds. The summed E-state index contributed by atoms with van der Waals surface area (Å²) in [4.78, 5) is 14.8. The maximum Gasteiger partial charge on any atom is 0.136 e. The van der Waals surface area contributed by atoms with Gasteiger partial charge in [-0.2, -0.15) is 0 Å². The van der Waals surface area contributed by atoms with Crippen molar-refractivity contribution in [2.24, 2.45) is 0 Å². The van der Waals surface area contributed by atoms with E-state index in [2.05, 4.69) is 33.8 Å². The number of aromatic nitrogens is 1. The number of pyridine rings is 1. The largest absolute Gasteiger partial charge is 0.381 e. The number of carbonyl (C=O) groups is 1. The molecule has 1 fully saturated rings. The maximum atomic E-state index is 10.7. The van der Waals surface area contributed by atoms with Crippen LogP contribution in [-0.4, -0.2) is 29.9 Å². The number of aldehydes is 1. The Hall–Kier alpha value is -1.94. The normalized spacial score (nSPS) is 23.1. The van der Waals surface area contributed by atoms with Gasteiger partial charge in [-0.05, 0) is 30.0 Å². The van der Waals surface area contributed by atoms with Crippen molar-refractivity contribution in [3.8, 4) is 0 Å². The lowest BCUT2D eigenvalue weighted by atomic mass is 10.1. The van der Waals surface area contributed by atoms with Crippen LogP contribution in [0.15, 0.2) is 36.7 Å². The molecule has 0 radical (unpaired) electrons. The second-order valence-electron chi connectivity index (χ2n) is 4.67. The lowest BCUT2D eigenvalue weighted by Crippen LogP contribution is -2.23. The average molecular weight is 241 g/mol. The molecule has 1 saturated heterocycles. The Morgan fingerprint density at radius 1 is 1.33 bits per heavy atom. The number of anilines is 1. The van der Waals surface area contributed by atoms with Gasteiger partial charge in [0.15, 0.2) is 0 Å². The fourth-order valence-electron chi connectivity index (χ4n) is 2.39. The second-order valence-corrected chi connectivity index (χ2v) is 4.67. The molecule has 1 aliphatic rings. The molecule has 2 atom stereocenters. The highest BCUT2D eigenvalue weighted by Crippen LogP contribution is 2.20. The summed E-state index contributed by atoms with van der Waals surface area (Å²) in [6, 6.07) is 8.54. The summed E-state index contributed by atoms with van der Waals surface area (Å²) in [5.41, 5.74) is 1.09.